The highest BCUT2D eigenvalue weighted by Gasteiger charge is 2.35. The summed E-state index contributed by atoms with van der Waals surface area (Å²) in [5.74, 6) is -0.922. The number of carbonyl (C=O) groups excluding carboxylic acids is 3. The van der Waals surface area contributed by atoms with Gasteiger partial charge in [-0.05, 0) is 50.9 Å². The van der Waals surface area contributed by atoms with Crippen LogP contribution in [0.15, 0.2) is 35.5 Å². The van der Waals surface area contributed by atoms with E-state index in [1.807, 2.05) is 0 Å². The number of hydrogen-bond donors (Lipinski definition) is 2. The van der Waals surface area contributed by atoms with Gasteiger partial charge in [-0.25, -0.2) is 9.59 Å². The van der Waals surface area contributed by atoms with Crippen LogP contribution in [0, 0.1) is 5.92 Å². The lowest BCUT2D eigenvalue weighted by Crippen LogP contribution is -2.50. The molecule has 2 aliphatic heterocycles. The number of nitrogens with one attached hydrogen (secondary N) is 2. The van der Waals surface area contributed by atoms with Crippen LogP contribution in [0.4, 0.5) is 4.79 Å². The molecular formula is C22H28ClN3O5. The van der Waals surface area contributed by atoms with E-state index >= 15 is 0 Å². The first-order valence-electron chi connectivity index (χ1n) is 10.5. The number of hydrogen-bond acceptors (Lipinski definition) is 6. The number of amides is 2. The van der Waals surface area contributed by atoms with Crippen LogP contribution in [0.3, 0.4) is 0 Å². The molecule has 3 rings (SSSR count). The SMILES string of the molecule is CCOC(=O)C1=C(CN2CCCC(C(=O)OCC)C2)NC(=O)NC1c1ccc(Cl)cc1. The first-order chi connectivity index (χ1) is 14.9. The molecule has 31 heavy (non-hydrogen) atoms. The monoisotopic (exact) mass is 449 g/mol. The zero-order valence-electron chi connectivity index (χ0n) is 17.8. The van der Waals surface area contributed by atoms with Gasteiger partial charge in [0.25, 0.3) is 0 Å². The van der Waals surface area contributed by atoms with Crippen LogP contribution in [0.2, 0.25) is 5.02 Å². The summed E-state index contributed by atoms with van der Waals surface area (Å²) in [5.41, 5.74) is 1.55. The van der Waals surface area contributed by atoms with Crippen LogP contribution < -0.4 is 10.6 Å². The van der Waals surface area contributed by atoms with Crippen LogP contribution in [0.25, 0.3) is 0 Å². The van der Waals surface area contributed by atoms with Crippen molar-refractivity contribution in [2.24, 2.45) is 5.92 Å². The maximum Gasteiger partial charge on any atom is 0.338 e. The maximum atomic E-state index is 12.9. The molecule has 0 aromatic heterocycles. The number of piperidine rings is 1. The van der Waals surface area contributed by atoms with Crippen molar-refractivity contribution in [2.75, 3.05) is 32.8 Å². The number of rotatable bonds is 7. The van der Waals surface area contributed by atoms with Crippen molar-refractivity contribution in [3.63, 3.8) is 0 Å². The van der Waals surface area contributed by atoms with Crippen molar-refractivity contribution in [2.45, 2.75) is 32.7 Å². The summed E-state index contributed by atoms with van der Waals surface area (Å²) < 4.78 is 10.5. The number of ether oxygens (including phenoxy) is 2. The topological polar surface area (TPSA) is 97.0 Å². The fourth-order valence-electron chi connectivity index (χ4n) is 3.97. The highest BCUT2D eigenvalue weighted by Crippen LogP contribution is 2.30. The third-order valence-electron chi connectivity index (χ3n) is 5.36. The van der Waals surface area contributed by atoms with Gasteiger partial charge in [0.2, 0.25) is 0 Å². The van der Waals surface area contributed by atoms with Crippen molar-refractivity contribution in [3.8, 4) is 0 Å². The van der Waals surface area contributed by atoms with Crippen LogP contribution in [0.5, 0.6) is 0 Å². The number of carbonyl (C=O) groups is 3. The summed E-state index contributed by atoms with van der Waals surface area (Å²) in [6, 6.07) is 5.90. The van der Waals surface area contributed by atoms with Crippen LogP contribution in [-0.4, -0.2) is 55.7 Å². The van der Waals surface area contributed by atoms with Gasteiger partial charge in [0.05, 0.1) is 30.7 Å². The van der Waals surface area contributed by atoms with E-state index in [0.717, 1.165) is 24.9 Å². The first-order valence-corrected chi connectivity index (χ1v) is 10.9. The van der Waals surface area contributed by atoms with E-state index in [0.29, 0.717) is 36.0 Å². The normalized spacial score (nSPS) is 21.8. The molecule has 2 amide bonds. The quantitative estimate of drug-likeness (QED) is 0.621. The Labute approximate surface area is 186 Å². The molecule has 9 heteroatoms. The molecule has 8 nitrogen and oxygen atoms in total. The summed E-state index contributed by atoms with van der Waals surface area (Å²) in [6.45, 7) is 5.66. The number of esters is 2. The second-order valence-electron chi connectivity index (χ2n) is 7.52. The summed E-state index contributed by atoms with van der Waals surface area (Å²) in [7, 11) is 0. The summed E-state index contributed by atoms with van der Waals surface area (Å²) in [6.07, 6.45) is 1.60. The first kappa shape index (κ1) is 23.1. The van der Waals surface area contributed by atoms with E-state index in [4.69, 9.17) is 21.1 Å². The van der Waals surface area contributed by atoms with Crippen LogP contribution >= 0.6 is 11.6 Å². The second kappa shape index (κ2) is 10.6. The molecule has 2 aliphatic rings. The van der Waals surface area contributed by atoms with Crippen molar-refractivity contribution in [3.05, 3.63) is 46.1 Å². The van der Waals surface area contributed by atoms with E-state index in [1.54, 1.807) is 38.1 Å². The largest absolute Gasteiger partial charge is 0.466 e. The molecule has 0 spiro atoms. The molecule has 0 radical (unpaired) electrons. The third-order valence-corrected chi connectivity index (χ3v) is 5.61. The Morgan fingerprint density at radius 3 is 2.55 bits per heavy atom. The summed E-state index contributed by atoms with van der Waals surface area (Å²) >= 11 is 6.00. The van der Waals surface area contributed by atoms with Gasteiger partial charge in [0.15, 0.2) is 0 Å². The summed E-state index contributed by atoms with van der Waals surface area (Å²) in [4.78, 5) is 39.5. The minimum atomic E-state index is -0.661. The molecule has 1 aromatic carbocycles. The highest BCUT2D eigenvalue weighted by atomic mass is 35.5. The fraction of sp³-hybridized carbons (Fsp3) is 0.500. The average molecular weight is 450 g/mol. The van der Waals surface area contributed by atoms with Gasteiger partial charge in [-0.1, -0.05) is 23.7 Å². The number of urea groups is 1. The second-order valence-corrected chi connectivity index (χ2v) is 7.96. The predicted octanol–water partition coefficient (Wildman–Crippen LogP) is 2.79. The van der Waals surface area contributed by atoms with Crippen molar-refractivity contribution in [1.29, 1.82) is 0 Å². The van der Waals surface area contributed by atoms with E-state index in [9.17, 15) is 14.4 Å². The number of nitrogens with zero attached hydrogens (tertiary/aromatic N) is 1. The molecule has 168 valence electrons. The van der Waals surface area contributed by atoms with Gasteiger partial charge < -0.3 is 20.1 Å². The van der Waals surface area contributed by atoms with E-state index in [1.165, 1.54) is 0 Å². The lowest BCUT2D eigenvalue weighted by molar-refractivity contribution is -0.150. The molecule has 2 N–H and O–H groups in total. The zero-order chi connectivity index (χ0) is 22.4. The highest BCUT2D eigenvalue weighted by molar-refractivity contribution is 6.30. The Kier molecular flexibility index (Phi) is 7.92. The zero-order valence-corrected chi connectivity index (χ0v) is 18.5. The smallest absolute Gasteiger partial charge is 0.338 e. The molecule has 1 aromatic rings. The average Bonchev–Trinajstić information content (AvgIpc) is 2.74. The van der Waals surface area contributed by atoms with Gasteiger partial charge in [0, 0.05) is 23.8 Å². The molecule has 1 saturated heterocycles. The minimum Gasteiger partial charge on any atom is -0.466 e. The summed E-state index contributed by atoms with van der Waals surface area (Å²) in [5, 5.41) is 6.15. The van der Waals surface area contributed by atoms with E-state index < -0.39 is 18.0 Å². The van der Waals surface area contributed by atoms with E-state index in [-0.39, 0.29) is 18.5 Å². The van der Waals surface area contributed by atoms with Gasteiger partial charge in [-0.2, -0.15) is 0 Å². The van der Waals surface area contributed by atoms with Crippen molar-refractivity contribution >= 4 is 29.6 Å². The minimum absolute atomic E-state index is 0.208. The molecule has 2 unspecified atom stereocenters. The Bertz CT molecular complexity index is 855. The Morgan fingerprint density at radius 1 is 1.16 bits per heavy atom. The Balaban J connectivity index is 1.89. The van der Waals surface area contributed by atoms with Gasteiger partial charge in [0.1, 0.15) is 0 Å². The number of likely N-dealkylation sites (tertiary alicyclic amines) is 1. The van der Waals surface area contributed by atoms with Gasteiger partial charge in [-0.3, -0.25) is 9.69 Å². The third kappa shape index (κ3) is 5.77. The molecular weight excluding hydrogens is 422 g/mol. The Hall–Kier alpha value is -2.58. The standard InChI is InChI=1S/C22H28ClN3O5/c1-3-30-20(27)15-6-5-11-26(12-15)13-17-18(21(28)31-4-2)19(25-22(29)24-17)14-7-9-16(23)10-8-14/h7-10,15,19H,3-6,11-13H2,1-2H3,(H2,24,25,29). The van der Waals surface area contributed by atoms with Gasteiger partial charge in [-0.15, -0.1) is 0 Å². The van der Waals surface area contributed by atoms with Gasteiger partial charge >= 0.3 is 18.0 Å². The van der Waals surface area contributed by atoms with Crippen LogP contribution in [0.1, 0.15) is 38.3 Å². The number of halogens is 1. The lowest BCUT2D eigenvalue weighted by Gasteiger charge is -2.35. The molecule has 1 fully saturated rings. The molecule has 0 saturated carbocycles. The van der Waals surface area contributed by atoms with Crippen molar-refractivity contribution < 1.29 is 23.9 Å². The van der Waals surface area contributed by atoms with Crippen LogP contribution in [-0.2, 0) is 19.1 Å². The maximum absolute atomic E-state index is 12.9. The Morgan fingerprint density at radius 2 is 1.87 bits per heavy atom. The molecule has 0 bridgehead atoms. The lowest BCUT2D eigenvalue weighted by atomic mass is 9.94. The van der Waals surface area contributed by atoms with Crippen molar-refractivity contribution in [1.82, 2.24) is 15.5 Å². The van der Waals surface area contributed by atoms with E-state index in [2.05, 4.69) is 15.5 Å². The molecule has 2 heterocycles. The molecule has 0 aliphatic carbocycles. The number of benzene rings is 1. The predicted molar refractivity (Wildman–Crippen MR) is 115 cm³/mol. The fourth-order valence-corrected chi connectivity index (χ4v) is 4.10. The molecule has 2 atom stereocenters.